The van der Waals surface area contributed by atoms with Gasteiger partial charge in [0, 0.05) is 19.7 Å². The van der Waals surface area contributed by atoms with Crippen molar-refractivity contribution >= 4 is 34.4 Å². The smallest absolute Gasteiger partial charge is 0.225 e. The number of hydrogen-bond acceptors (Lipinski definition) is 5. The van der Waals surface area contributed by atoms with Crippen LogP contribution in [-0.4, -0.2) is 32.9 Å². The number of aromatic nitrogens is 3. The Morgan fingerprint density at radius 2 is 2.12 bits per heavy atom. The molecule has 24 heavy (non-hydrogen) atoms. The normalized spacial score (nSPS) is 13.5. The lowest BCUT2D eigenvalue weighted by Crippen LogP contribution is -2.46. The monoisotopic (exact) mass is 349 g/mol. The molecule has 1 amide bonds. The Morgan fingerprint density at radius 3 is 2.83 bits per heavy atom. The minimum Gasteiger partial charge on any atom is -0.361 e. The molecule has 1 atom stereocenters. The number of halogens is 1. The predicted octanol–water partition coefficient (Wildman–Crippen LogP) is 3.57. The third-order valence-electron chi connectivity index (χ3n) is 3.91. The van der Waals surface area contributed by atoms with E-state index in [1.54, 1.807) is 6.20 Å². The van der Waals surface area contributed by atoms with Crippen LogP contribution in [0.3, 0.4) is 0 Å². The third-order valence-corrected chi connectivity index (χ3v) is 4.08. The summed E-state index contributed by atoms with van der Waals surface area (Å²) in [5.74, 6) is 0.539. The van der Waals surface area contributed by atoms with Gasteiger partial charge in [0.2, 0.25) is 11.2 Å². The van der Waals surface area contributed by atoms with Crippen molar-refractivity contribution in [2.75, 3.05) is 11.9 Å². The van der Waals surface area contributed by atoms with Gasteiger partial charge in [-0.1, -0.05) is 26.2 Å². The van der Waals surface area contributed by atoms with Gasteiger partial charge < -0.3 is 10.6 Å². The summed E-state index contributed by atoms with van der Waals surface area (Å²) in [6.07, 6.45) is 5.94. The Labute approximate surface area is 147 Å². The molecule has 0 spiro atoms. The molecule has 2 rings (SSSR count). The summed E-state index contributed by atoms with van der Waals surface area (Å²) in [5.41, 5.74) is 1.02. The molecule has 2 heterocycles. The molecule has 130 valence electrons. The van der Waals surface area contributed by atoms with Gasteiger partial charge in [-0.2, -0.15) is 4.98 Å². The molecule has 2 N–H and O–H groups in total. The van der Waals surface area contributed by atoms with Crippen molar-refractivity contribution in [3.05, 3.63) is 23.6 Å². The molecular formula is C17H24ClN5O. The van der Waals surface area contributed by atoms with Gasteiger partial charge in [-0.05, 0) is 37.1 Å². The zero-order valence-electron chi connectivity index (χ0n) is 14.4. The number of carbonyl (C=O) groups excluding carboxylic acids is 1. The van der Waals surface area contributed by atoms with Crippen LogP contribution in [0.2, 0.25) is 5.28 Å². The molecule has 0 saturated carbocycles. The number of unbranched alkanes of at least 4 members (excludes halogenated alkanes) is 2. The van der Waals surface area contributed by atoms with Gasteiger partial charge in [0.25, 0.3) is 0 Å². The van der Waals surface area contributed by atoms with E-state index in [9.17, 15) is 4.79 Å². The van der Waals surface area contributed by atoms with Crippen molar-refractivity contribution in [3.63, 3.8) is 0 Å². The second-order valence-corrected chi connectivity index (χ2v) is 6.60. The SMILES string of the molecule is CCCCC[C@](C)(CNC(C)=O)Nc1nc(Cl)nc2cccnc12. The number of nitrogens with zero attached hydrogens (tertiary/aromatic N) is 3. The van der Waals surface area contributed by atoms with Gasteiger partial charge in [-0.25, -0.2) is 4.98 Å². The molecule has 0 bridgehead atoms. The molecule has 0 aliphatic rings. The second-order valence-electron chi connectivity index (χ2n) is 6.26. The largest absolute Gasteiger partial charge is 0.361 e. The van der Waals surface area contributed by atoms with Crippen LogP contribution >= 0.6 is 11.6 Å². The number of carbonyl (C=O) groups is 1. The van der Waals surface area contributed by atoms with Crippen molar-refractivity contribution in [1.29, 1.82) is 0 Å². The van der Waals surface area contributed by atoms with E-state index in [1.807, 2.05) is 12.1 Å². The van der Waals surface area contributed by atoms with Crippen molar-refractivity contribution in [2.45, 2.75) is 52.0 Å². The van der Waals surface area contributed by atoms with E-state index < -0.39 is 0 Å². The fourth-order valence-electron chi connectivity index (χ4n) is 2.59. The Hall–Kier alpha value is -1.95. The van der Waals surface area contributed by atoms with Crippen LogP contribution in [0.4, 0.5) is 5.82 Å². The molecule has 7 heteroatoms. The zero-order valence-corrected chi connectivity index (χ0v) is 15.2. The van der Waals surface area contributed by atoms with Crippen LogP contribution in [0.25, 0.3) is 11.0 Å². The van der Waals surface area contributed by atoms with E-state index in [2.05, 4.69) is 39.4 Å². The number of pyridine rings is 1. The molecule has 0 fully saturated rings. The average Bonchev–Trinajstić information content (AvgIpc) is 2.53. The minimum atomic E-state index is -0.344. The number of anilines is 1. The number of hydrogen-bond donors (Lipinski definition) is 2. The number of rotatable bonds is 8. The fourth-order valence-corrected chi connectivity index (χ4v) is 2.77. The topological polar surface area (TPSA) is 79.8 Å². The maximum Gasteiger partial charge on any atom is 0.225 e. The van der Waals surface area contributed by atoms with E-state index >= 15 is 0 Å². The van der Waals surface area contributed by atoms with Gasteiger partial charge in [0.05, 0.1) is 11.1 Å². The summed E-state index contributed by atoms with van der Waals surface area (Å²) in [5, 5.41) is 6.51. The Bertz CT molecular complexity index is 708. The maximum atomic E-state index is 11.3. The molecule has 0 aliphatic heterocycles. The average molecular weight is 350 g/mol. The summed E-state index contributed by atoms with van der Waals surface area (Å²) in [6, 6.07) is 3.66. The summed E-state index contributed by atoms with van der Waals surface area (Å²) < 4.78 is 0. The molecule has 0 aliphatic carbocycles. The first kappa shape index (κ1) is 18.4. The summed E-state index contributed by atoms with van der Waals surface area (Å²) in [6.45, 7) is 6.26. The highest BCUT2D eigenvalue weighted by Crippen LogP contribution is 2.25. The van der Waals surface area contributed by atoms with Crippen LogP contribution < -0.4 is 10.6 Å². The van der Waals surface area contributed by atoms with Crippen molar-refractivity contribution in [1.82, 2.24) is 20.3 Å². The van der Waals surface area contributed by atoms with Crippen molar-refractivity contribution in [3.8, 4) is 0 Å². The quantitative estimate of drug-likeness (QED) is 0.562. The highest BCUT2D eigenvalue weighted by molar-refractivity contribution is 6.28. The lowest BCUT2D eigenvalue weighted by atomic mass is 9.94. The van der Waals surface area contributed by atoms with E-state index in [0.717, 1.165) is 25.7 Å². The van der Waals surface area contributed by atoms with Crippen LogP contribution in [0, 0.1) is 0 Å². The zero-order chi connectivity index (χ0) is 17.6. The summed E-state index contributed by atoms with van der Waals surface area (Å²) in [7, 11) is 0. The second kappa shape index (κ2) is 8.24. The highest BCUT2D eigenvalue weighted by atomic mass is 35.5. The highest BCUT2D eigenvalue weighted by Gasteiger charge is 2.26. The molecule has 2 aromatic heterocycles. The van der Waals surface area contributed by atoms with Gasteiger partial charge in [0.15, 0.2) is 5.82 Å². The van der Waals surface area contributed by atoms with E-state index in [-0.39, 0.29) is 16.7 Å². The van der Waals surface area contributed by atoms with E-state index in [1.165, 1.54) is 6.92 Å². The van der Waals surface area contributed by atoms with Crippen molar-refractivity contribution in [2.24, 2.45) is 0 Å². The Balaban J connectivity index is 2.29. The van der Waals surface area contributed by atoms with E-state index in [4.69, 9.17) is 11.6 Å². The van der Waals surface area contributed by atoms with Crippen LogP contribution in [0.1, 0.15) is 46.5 Å². The van der Waals surface area contributed by atoms with Crippen molar-refractivity contribution < 1.29 is 4.79 Å². The summed E-state index contributed by atoms with van der Waals surface area (Å²) in [4.78, 5) is 24.2. The number of fused-ring (bicyclic) bond motifs is 1. The first-order valence-electron chi connectivity index (χ1n) is 8.24. The first-order chi connectivity index (χ1) is 11.4. The Morgan fingerprint density at radius 1 is 1.33 bits per heavy atom. The summed E-state index contributed by atoms with van der Waals surface area (Å²) >= 11 is 6.05. The predicted molar refractivity (Wildman–Crippen MR) is 97.2 cm³/mol. The fraction of sp³-hybridized carbons (Fsp3) is 0.529. The lowest BCUT2D eigenvalue weighted by molar-refractivity contribution is -0.119. The Kier molecular flexibility index (Phi) is 6.31. The van der Waals surface area contributed by atoms with Crippen LogP contribution in [-0.2, 0) is 4.79 Å². The standard InChI is InChI=1S/C17H24ClN5O/c1-4-5-6-9-17(3,11-20-12(2)24)23-15-14-13(8-7-10-19-14)21-16(18)22-15/h7-8,10H,4-6,9,11H2,1-3H3,(H,20,24)(H,21,22,23)/t17-/m1/s1. The molecule has 2 aromatic rings. The van der Waals surface area contributed by atoms with Gasteiger partial charge in [0.1, 0.15) is 5.52 Å². The van der Waals surface area contributed by atoms with Gasteiger partial charge >= 0.3 is 0 Å². The maximum absolute atomic E-state index is 11.3. The molecule has 6 nitrogen and oxygen atoms in total. The van der Waals surface area contributed by atoms with Gasteiger partial charge in [-0.3, -0.25) is 9.78 Å². The number of nitrogens with one attached hydrogen (secondary N) is 2. The number of amides is 1. The molecule has 0 saturated heterocycles. The molecule has 0 radical (unpaired) electrons. The third kappa shape index (κ3) is 5.03. The van der Waals surface area contributed by atoms with Gasteiger partial charge in [-0.15, -0.1) is 0 Å². The minimum absolute atomic E-state index is 0.0535. The van der Waals surface area contributed by atoms with E-state index in [0.29, 0.717) is 23.4 Å². The van der Waals surface area contributed by atoms with Crippen LogP contribution in [0.15, 0.2) is 18.3 Å². The van der Waals surface area contributed by atoms with Crippen LogP contribution in [0.5, 0.6) is 0 Å². The first-order valence-corrected chi connectivity index (χ1v) is 8.62. The lowest BCUT2D eigenvalue weighted by Gasteiger charge is -2.32. The molecule has 0 aromatic carbocycles. The molecular weight excluding hydrogens is 326 g/mol. The molecule has 0 unspecified atom stereocenters.